The molecule has 152 valence electrons. The summed E-state index contributed by atoms with van der Waals surface area (Å²) in [6.45, 7) is 7.94. The van der Waals surface area contributed by atoms with Crippen LogP contribution in [-0.4, -0.2) is 67.9 Å². The fourth-order valence-electron chi connectivity index (χ4n) is 4.41. The number of carbonyl (C=O) groups is 2. The molecule has 6 nitrogen and oxygen atoms in total. The van der Waals surface area contributed by atoms with Gasteiger partial charge >= 0.3 is 0 Å². The normalized spacial score (nSPS) is 24.7. The summed E-state index contributed by atoms with van der Waals surface area (Å²) in [4.78, 5) is 32.5. The van der Waals surface area contributed by atoms with Gasteiger partial charge in [0, 0.05) is 50.6 Å². The van der Waals surface area contributed by atoms with E-state index in [1.165, 1.54) is 12.1 Å². The summed E-state index contributed by atoms with van der Waals surface area (Å²) in [7, 11) is 2.15. The number of likely N-dealkylation sites (tertiary alicyclic amines) is 1. The standard InChI is InChI=1S/C22H32N4O2/c1-17-4-3-11-26(16-17)21(28)22(9-10-22)20(27)23-18-5-7-19(8-6-18)25-14-12-24(2)13-15-25/h5-8,17H,3-4,9-16H2,1-2H3,(H,23,27). The SMILES string of the molecule is CC1CCCN(C(=O)C2(C(=O)Nc3ccc(N4CCN(C)CC4)cc3)CC2)C1. The summed E-state index contributed by atoms with van der Waals surface area (Å²) in [5.74, 6) is 0.423. The number of nitrogens with zero attached hydrogens (tertiary/aromatic N) is 3. The molecule has 1 atom stereocenters. The van der Waals surface area contributed by atoms with E-state index in [1.807, 2.05) is 17.0 Å². The van der Waals surface area contributed by atoms with Crippen molar-refractivity contribution in [1.29, 1.82) is 0 Å². The van der Waals surface area contributed by atoms with Gasteiger partial charge in [-0.15, -0.1) is 0 Å². The van der Waals surface area contributed by atoms with E-state index in [1.54, 1.807) is 0 Å². The average Bonchev–Trinajstić information content (AvgIpc) is 3.51. The van der Waals surface area contributed by atoms with E-state index < -0.39 is 5.41 Å². The van der Waals surface area contributed by atoms with Gasteiger partial charge in [0.1, 0.15) is 5.41 Å². The minimum absolute atomic E-state index is 0.0330. The molecule has 4 rings (SSSR count). The predicted molar refractivity (Wildman–Crippen MR) is 111 cm³/mol. The average molecular weight is 385 g/mol. The molecule has 2 heterocycles. The van der Waals surface area contributed by atoms with Crippen molar-refractivity contribution < 1.29 is 9.59 Å². The third-order valence-electron chi connectivity index (χ3n) is 6.53. The van der Waals surface area contributed by atoms with Crippen LogP contribution in [0.1, 0.15) is 32.6 Å². The minimum Gasteiger partial charge on any atom is -0.369 e. The first-order valence-electron chi connectivity index (χ1n) is 10.6. The molecule has 1 aromatic rings. The molecule has 2 amide bonds. The first kappa shape index (κ1) is 19.2. The predicted octanol–water partition coefficient (Wildman–Crippen LogP) is 2.42. The molecule has 6 heteroatoms. The van der Waals surface area contributed by atoms with Gasteiger partial charge in [0.05, 0.1) is 0 Å². The third-order valence-corrected chi connectivity index (χ3v) is 6.53. The fourth-order valence-corrected chi connectivity index (χ4v) is 4.41. The number of amides is 2. The second-order valence-corrected chi connectivity index (χ2v) is 8.87. The van der Waals surface area contributed by atoms with E-state index in [2.05, 4.69) is 41.2 Å². The van der Waals surface area contributed by atoms with Crippen molar-refractivity contribution in [2.75, 3.05) is 56.5 Å². The maximum atomic E-state index is 13.0. The van der Waals surface area contributed by atoms with Crippen LogP contribution in [0.15, 0.2) is 24.3 Å². The molecule has 1 unspecified atom stereocenters. The van der Waals surface area contributed by atoms with E-state index in [4.69, 9.17) is 0 Å². The summed E-state index contributed by atoms with van der Waals surface area (Å²) >= 11 is 0. The molecule has 1 aliphatic carbocycles. The van der Waals surface area contributed by atoms with Crippen LogP contribution in [0.4, 0.5) is 11.4 Å². The van der Waals surface area contributed by atoms with E-state index in [0.717, 1.165) is 51.4 Å². The van der Waals surface area contributed by atoms with Gasteiger partial charge in [0.15, 0.2) is 0 Å². The molecule has 28 heavy (non-hydrogen) atoms. The number of anilines is 2. The molecule has 3 fully saturated rings. The van der Waals surface area contributed by atoms with Crippen LogP contribution < -0.4 is 10.2 Å². The maximum absolute atomic E-state index is 13.0. The smallest absolute Gasteiger partial charge is 0.240 e. The first-order chi connectivity index (χ1) is 13.5. The lowest BCUT2D eigenvalue weighted by Crippen LogP contribution is -2.46. The molecule has 3 aliphatic rings. The van der Waals surface area contributed by atoms with E-state index in [9.17, 15) is 9.59 Å². The molecule has 1 aromatic carbocycles. The number of benzene rings is 1. The Morgan fingerprint density at radius 3 is 2.32 bits per heavy atom. The molecule has 2 saturated heterocycles. The molecule has 0 radical (unpaired) electrons. The van der Waals surface area contributed by atoms with Gasteiger partial charge in [-0.05, 0) is 62.9 Å². The Hall–Kier alpha value is -2.08. The number of carbonyl (C=O) groups excluding carboxylic acids is 2. The van der Waals surface area contributed by atoms with Crippen molar-refractivity contribution in [1.82, 2.24) is 9.80 Å². The third kappa shape index (κ3) is 3.88. The Kier molecular flexibility index (Phi) is 5.32. The Morgan fingerprint density at radius 2 is 1.71 bits per heavy atom. The highest BCUT2D eigenvalue weighted by molar-refractivity contribution is 6.13. The van der Waals surface area contributed by atoms with Gasteiger partial charge in [-0.3, -0.25) is 9.59 Å². The molecule has 0 bridgehead atoms. The second-order valence-electron chi connectivity index (χ2n) is 8.87. The highest BCUT2D eigenvalue weighted by Gasteiger charge is 2.58. The Morgan fingerprint density at radius 1 is 1.04 bits per heavy atom. The molecule has 0 aromatic heterocycles. The van der Waals surface area contributed by atoms with Crippen molar-refractivity contribution in [2.24, 2.45) is 11.3 Å². The summed E-state index contributed by atoms with van der Waals surface area (Å²) in [6.07, 6.45) is 3.55. The van der Waals surface area contributed by atoms with Crippen molar-refractivity contribution in [3.8, 4) is 0 Å². The number of hydrogen-bond acceptors (Lipinski definition) is 4. The van der Waals surface area contributed by atoms with Crippen LogP contribution in [0.3, 0.4) is 0 Å². The van der Waals surface area contributed by atoms with Crippen molar-refractivity contribution in [2.45, 2.75) is 32.6 Å². The zero-order valence-electron chi connectivity index (χ0n) is 17.1. The van der Waals surface area contributed by atoms with E-state index in [-0.39, 0.29) is 11.8 Å². The Balaban J connectivity index is 1.37. The quantitative estimate of drug-likeness (QED) is 0.810. The number of likely N-dealkylation sites (N-methyl/N-ethyl adjacent to an activating group) is 1. The minimum atomic E-state index is -0.826. The lowest BCUT2D eigenvalue weighted by molar-refractivity contribution is -0.143. The zero-order chi connectivity index (χ0) is 19.7. The Bertz CT molecular complexity index is 721. The lowest BCUT2D eigenvalue weighted by atomic mass is 9.96. The van der Waals surface area contributed by atoms with Gasteiger partial charge < -0.3 is 20.0 Å². The number of nitrogens with one attached hydrogen (secondary N) is 1. The van der Waals surface area contributed by atoms with E-state index >= 15 is 0 Å². The van der Waals surface area contributed by atoms with Gasteiger partial charge in [-0.1, -0.05) is 6.92 Å². The number of rotatable bonds is 4. The fraction of sp³-hybridized carbons (Fsp3) is 0.636. The van der Waals surface area contributed by atoms with Crippen molar-refractivity contribution >= 4 is 23.2 Å². The molecule has 0 spiro atoms. The molecular weight excluding hydrogens is 352 g/mol. The highest BCUT2D eigenvalue weighted by atomic mass is 16.2. The zero-order valence-corrected chi connectivity index (χ0v) is 17.1. The molecule has 2 aliphatic heterocycles. The maximum Gasteiger partial charge on any atom is 0.240 e. The van der Waals surface area contributed by atoms with E-state index in [0.29, 0.717) is 18.8 Å². The van der Waals surface area contributed by atoms with Crippen molar-refractivity contribution in [3.63, 3.8) is 0 Å². The highest BCUT2D eigenvalue weighted by Crippen LogP contribution is 2.48. The lowest BCUT2D eigenvalue weighted by Gasteiger charge is -2.34. The van der Waals surface area contributed by atoms with Crippen LogP contribution in [-0.2, 0) is 9.59 Å². The van der Waals surface area contributed by atoms with Crippen molar-refractivity contribution in [3.05, 3.63) is 24.3 Å². The molecular formula is C22H32N4O2. The molecule has 1 N–H and O–H groups in total. The summed E-state index contributed by atoms with van der Waals surface area (Å²) < 4.78 is 0. The van der Waals surface area contributed by atoms with Gasteiger partial charge in [0.25, 0.3) is 0 Å². The van der Waals surface area contributed by atoms with Crippen LogP contribution >= 0.6 is 0 Å². The second kappa shape index (κ2) is 7.74. The summed E-state index contributed by atoms with van der Waals surface area (Å²) in [5, 5.41) is 3.00. The van der Waals surface area contributed by atoms with Crippen LogP contribution in [0.25, 0.3) is 0 Å². The topological polar surface area (TPSA) is 55.9 Å². The Labute approximate surface area is 167 Å². The number of piperazine rings is 1. The summed E-state index contributed by atoms with van der Waals surface area (Å²) in [6, 6.07) is 8.04. The van der Waals surface area contributed by atoms with Crippen LogP contribution in [0, 0.1) is 11.3 Å². The summed E-state index contributed by atoms with van der Waals surface area (Å²) in [5.41, 5.74) is 1.13. The van der Waals surface area contributed by atoms with Gasteiger partial charge in [0.2, 0.25) is 11.8 Å². The molecule has 1 saturated carbocycles. The monoisotopic (exact) mass is 384 g/mol. The number of hydrogen-bond donors (Lipinski definition) is 1. The van der Waals surface area contributed by atoms with Gasteiger partial charge in [-0.2, -0.15) is 0 Å². The first-order valence-corrected chi connectivity index (χ1v) is 10.6. The van der Waals surface area contributed by atoms with Gasteiger partial charge in [-0.25, -0.2) is 0 Å². The van der Waals surface area contributed by atoms with Crippen LogP contribution in [0.5, 0.6) is 0 Å². The van der Waals surface area contributed by atoms with Crippen LogP contribution in [0.2, 0.25) is 0 Å². The largest absolute Gasteiger partial charge is 0.369 e. The number of piperidine rings is 1.